The van der Waals surface area contributed by atoms with E-state index in [0.29, 0.717) is 11.3 Å². The lowest BCUT2D eigenvalue weighted by Gasteiger charge is -2.27. The molecule has 4 rings (SSSR count). The maximum atomic E-state index is 13.3. The van der Waals surface area contributed by atoms with Crippen molar-refractivity contribution < 1.29 is 9.63 Å². The second-order valence-corrected chi connectivity index (χ2v) is 6.63. The fourth-order valence-electron chi connectivity index (χ4n) is 3.33. The summed E-state index contributed by atoms with van der Waals surface area (Å²) in [6, 6.07) is 32.7. The molecule has 0 unspecified atom stereocenters. The van der Waals surface area contributed by atoms with Crippen LogP contribution in [0.25, 0.3) is 10.8 Å². The molecular weight excluding hydrogens is 358 g/mol. The van der Waals surface area contributed by atoms with Crippen LogP contribution in [-0.4, -0.2) is 5.91 Å². The molecule has 29 heavy (non-hydrogen) atoms. The SMILES string of the molecule is C=C[C@@H](ON(C(=O)c1ccccc1)c1ccccc1)c1cccc2ccccc12. The summed E-state index contributed by atoms with van der Waals surface area (Å²) in [7, 11) is 0. The molecule has 1 amide bonds. The molecule has 0 spiro atoms. The van der Waals surface area contributed by atoms with Gasteiger partial charge >= 0.3 is 0 Å². The second kappa shape index (κ2) is 8.55. The highest BCUT2D eigenvalue weighted by molar-refractivity contribution is 6.04. The smallest absolute Gasteiger partial charge is 0.266 e. The Morgan fingerprint density at radius 2 is 1.41 bits per heavy atom. The molecule has 4 aromatic carbocycles. The normalized spacial score (nSPS) is 11.7. The van der Waals surface area contributed by atoms with Gasteiger partial charge in [0.2, 0.25) is 0 Å². The number of nitrogens with zero attached hydrogens (tertiary/aromatic N) is 1. The topological polar surface area (TPSA) is 29.5 Å². The first kappa shape index (κ1) is 18.7. The monoisotopic (exact) mass is 379 g/mol. The van der Waals surface area contributed by atoms with Crippen LogP contribution in [-0.2, 0) is 4.84 Å². The fraction of sp³-hybridized carbons (Fsp3) is 0.0385. The van der Waals surface area contributed by atoms with Gasteiger partial charge in [0.25, 0.3) is 5.91 Å². The van der Waals surface area contributed by atoms with Crippen molar-refractivity contribution in [3.05, 3.63) is 127 Å². The first-order chi connectivity index (χ1) is 14.3. The van der Waals surface area contributed by atoms with Crippen molar-refractivity contribution in [2.45, 2.75) is 6.10 Å². The Bertz CT molecular complexity index is 1120. The highest BCUT2D eigenvalue weighted by Gasteiger charge is 2.23. The van der Waals surface area contributed by atoms with Crippen LogP contribution in [0.4, 0.5) is 5.69 Å². The third kappa shape index (κ3) is 3.96. The number of amides is 1. The molecule has 0 saturated heterocycles. The van der Waals surface area contributed by atoms with Gasteiger partial charge in [-0.15, -0.1) is 6.58 Å². The third-order valence-corrected chi connectivity index (χ3v) is 4.76. The molecule has 0 aliphatic heterocycles. The molecular formula is C26H21NO2. The van der Waals surface area contributed by atoms with Crippen LogP contribution < -0.4 is 5.06 Å². The molecule has 0 aromatic heterocycles. The number of anilines is 1. The Balaban J connectivity index is 1.74. The fourth-order valence-corrected chi connectivity index (χ4v) is 3.33. The molecule has 0 N–H and O–H groups in total. The second-order valence-electron chi connectivity index (χ2n) is 6.63. The van der Waals surface area contributed by atoms with Gasteiger partial charge in [0, 0.05) is 5.56 Å². The van der Waals surface area contributed by atoms with Gasteiger partial charge in [-0.3, -0.25) is 9.63 Å². The summed E-state index contributed by atoms with van der Waals surface area (Å²) in [6.45, 7) is 3.96. The van der Waals surface area contributed by atoms with E-state index in [1.54, 1.807) is 18.2 Å². The largest absolute Gasteiger partial charge is 0.282 e. The lowest BCUT2D eigenvalue weighted by molar-refractivity contribution is 0.0457. The minimum atomic E-state index is -0.492. The third-order valence-electron chi connectivity index (χ3n) is 4.76. The van der Waals surface area contributed by atoms with Crippen molar-refractivity contribution >= 4 is 22.4 Å². The van der Waals surface area contributed by atoms with E-state index < -0.39 is 6.10 Å². The van der Waals surface area contributed by atoms with Gasteiger partial charge in [-0.2, -0.15) is 5.06 Å². The minimum absolute atomic E-state index is 0.233. The summed E-state index contributed by atoms with van der Waals surface area (Å²) in [5.74, 6) is -0.233. The predicted molar refractivity (Wildman–Crippen MR) is 118 cm³/mol. The highest BCUT2D eigenvalue weighted by Crippen LogP contribution is 2.30. The number of carbonyl (C=O) groups is 1. The van der Waals surface area contributed by atoms with Crippen LogP contribution in [0.15, 0.2) is 116 Å². The van der Waals surface area contributed by atoms with Crippen LogP contribution in [0.3, 0.4) is 0 Å². The first-order valence-electron chi connectivity index (χ1n) is 9.49. The van der Waals surface area contributed by atoms with Crippen LogP contribution in [0, 0.1) is 0 Å². The summed E-state index contributed by atoms with van der Waals surface area (Å²) in [6.07, 6.45) is 1.23. The Kier molecular flexibility index (Phi) is 5.50. The number of rotatable bonds is 6. The van der Waals surface area contributed by atoms with E-state index in [1.807, 2.05) is 72.8 Å². The van der Waals surface area contributed by atoms with E-state index in [4.69, 9.17) is 4.84 Å². The van der Waals surface area contributed by atoms with Crippen molar-refractivity contribution in [2.75, 3.05) is 5.06 Å². The average Bonchev–Trinajstić information content (AvgIpc) is 2.80. The zero-order chi connectivity index (χ0) is 20.1. The van der Waals surface area contributed by atoms with E-state index in [9.17, 15) is 4.79 Å². The van der Waals surface area contributed by atoms with Gasteiger partial charge in [-0.1, -0.05) is 84.9 Å². The van der Waals surface area contributed by atoms with Gasteiger partial charge in [0.15, 0.2) is 0 Å². The Morgan fingerprint density at radius 1 is 0.793 bits per heavy atom. The van der Waals surface area contributed by atoms with E-state index >= 15 is 0 Å². The molecule has 0 fully saturated rings. The molecule has 3 heteroatoms. The molecule has 0 heterocycles. The van der Waals surface area contributed by atoms with Gasteiger partial charge in [0.05, 0.1) is 5.69 Å². The highest BCUT2D eigenvalue weighted by atomic mass is 16.7. The van der Waals surface area contributed by atoms with Crippen molar-refractivity contribution in [3.63, 3.8) is 0 Å². The summed E-state index contributed by atoms with van der Waals surface area (Å²) < 4.78 is 0. The Morgan fingerprint density at radius 3 is 2.14 bits per heavy atom. The zero-order valence-electron chi connectivity index (χ0n) is 15.9. The predicted octanol–water partition coefficient (Wildman–Crippen LogP) is 6.35. The molecule has 0 saturated carbocycles. The van der Waals surface area contributed by atoms with Gasteiger partial charge in [0.1, 0.15) is 6.10 Å². The van der Waals surface area contributed by atoms with Crippen LogP contribution in [0.1, 0.15) is 22.0 Å². The average molecular weight is 379 g/mol. The standard InChI is InChI=1S/C26H21NO2/c1-2-25(24-19-11-15-20-12-9-10-18-23(20)24)29-27(22-16-7-4-8-17-22)26(28)21-13-5-3-6-14-21/h2-19,25H,1H2/t25-/m1/s1. The Labute approximate surface area is 170 Å². The first-order valence-corrected chi connectivity index (χ1v) is 9.49. The number of para-hydroxylation sites is 1. The maximum Gasteiger partial charge on any atom is 0.282 e. The summed E-state index contributed by atoms with van der Waals surface area (Å²) in [5, 5.41) is 3.53. The van der Waals surface area contributed by atoms with Crippen molar-refractivity contribution in [1.29, 1.82) is 0 Å². The van der Waals surface area contributed by atoms with Crippen LogP contribution >= 0.6 is 0 Å². The number of benzene rings is 4. The van der Waals surface area contributed by atoms with Crippen molar-refractivity contribution in [1.82, 2.24) is 0 Å². The quantitative estimate of drug-likeness (QED) is 0.289. The Hall–Kier alpha value is -3.69. The number of hydrogen-bond donors (Lipinski definition) is 0. The van der Waals surface area contributed by atoms with Gasteiger partial charge in [-0.25, -0.2) is 0 Å². The van der Waals surface area contributed by atoms with Gasteiger partial charge in [-0.05, 0) is 40.6 Å². The maximum absolute atomic E-state index is 13.3. The summed E-state index contributed by atoms with van der Waals surface area (Å²) in [4.78, 5) is 19.5. The molecule has 0 aliphatic rings. The molecule has 3 nitrogen and oxygen atoms in total. The van der Waals surface area contributed by atoms with Gasteiger partial charge < -0.3 is 0 Å². The molecule has 142 valence electrons. The molecule has 4 aromatic rings. The molecule has 1 atom stereocenters. The van der Waals surface area contributed by atoms with Crippen molar-refractivity contribution in [3.8, 4) is 0 Å². The lowest BCUT2D eigenvalue weighted by Crippen LogP contribution is -2.32. The summed E-state index contributed by atoms with van der Waals surface area (Å²) in [5.41, 5.74) is 2.17. The van der Waals surface area contributed by atoms with Crippen LogP contribution in [0.2, 0.25) is 0 Å². The van der Waals surface area contributed by atoms with Crippen LogP contribution in [0.5, 0.6) is 0 Å². The molecule has 0 radical (unpaired) electrons. The van der Waals surface area contributed by atoms with E-state index in [0.717, 1.165) is 16.3 Å². The van der Waals surface area contributed by atoms with Crippen molar-refractivity contribution in [2.24, 2.45) is 0 Å². The number of carbonyl (C=O) groups excluding carboxylic acids is 1. The van der Waals surface area contributed by atoms with E-state index in [2.05, 4.69) is 24.8 Å². The molecule has 0 bridgehead atoms. The lowest BCUT2D eigenvalue weighted by atomic mass is 10.0. The van der Waals surface area contributed by atoms with E-state index in [-0.39, 0.29) is 5.91 Å². The molecule has 0 aliphatic carbocycles. The summed E-state index contributed by atoms with van der Waals surface area (Å²) >= 11 is 0. The van der Waals surface area contributed by atoms with E-state index in [1.165, 1.54) is 5.06 Å². The number of hydrogen-bond acceptors (Lipinski definition) is 2. The minimum Gasteiger partial charge on any atom is -0.266 e. The number of fused-ring (bicyclic) bond motifs is 1. The number of hydroxylamine groups is 1. The zero-order valence-corrected chi connectivity index (χ0v) is 15.9.